The number of carbonyl (C=O) groups is 1. The topological polar surface area (TPSA) is 34.0 Å². The molecule has 0 aliphatic carbocycles. The zero-order valence-electron chi connectivity index (χ0n) is 10.8. The second-order valence-corrected chi connectivity index (χ2v) is 5.40. The van der Waals surface area contributed by atoms with Gasteiger partial charge in [-0.25, -0.2) is 4.79 Å². The van der Waals surface area contributed by atoms with Crippen molar-refractivity contribution in [3.05, 3.63) is 28.2 Å². The summed E-state index contributed by atoms with van der Waals surface area (Å²) in [6, 6.07) is 5.67. The number of carbonyl (C=O) groups excluding carboxylic acids is 1. The molecule has 4 nitrogen and oxygen atoms in total. The van der Waals surface area contributed by atoms with Gasteiger partial charge in [-0.3, -0.25) is 0 Å². The monoisotopic (exact) mass is 303 g/mol. The Labute approximate surface area is 122 Å². The van der Waals surface area contributed by atoms with Crippen molar-refractivity contribution in [1.29, 1.82) is 0 Å². The molecule has 19 heavy (non-hydrogen) atoms. The normalized spacial score (nSPS) is 16.5. The Hall–Kier alpha value is -0.970. The van der Waals surface area contributed by atoms with E-state index in [1.54, 1.807) is 0 Å². The van der Waals surface area contributed by atoms with Crippen LogP contribution in [0.5, 0.6) is 0 Å². The fourth-order valence-electron chi connectivity index (χ4n) is 2.22. The van der Waals surface area contributed by atoms with Crippen molar-refractivity contribution in [2.24, 2.45) is 0 Å². The van der Waals surface area contributed by atoms with Gasteiger partial charge in [0.2, 0.25) is 0 Å². The van der Waals surface area contributed by atoms with Gasteiger partial charge in [0.25, 0.3) is 0 Å². The van der Waals surface area contributed by atoms with Crippen LogP contribution in [0.1, 0.15) is 0 Å². The van der Waals surface area contributed by atoms with Crippen LogP contribution in [0.25, 0.3) is 0 Å². The van der Waals surface area contributed by atoms with E-state index in [9.17, 15) is 4.79 Å². The molecule has 1 aliphatic heterocycles. The first-order valence-corrected chi connectivity index (χ1v) is 6.96. The average Bonchev–Trinajstić information content (AvgIpc) is 2.42. The highest BCUT2D eigenvalue weighted by Gasteiger charge is 2.22. The van der Waals surface area contributed by atoms with E-state index >= 15 is 0 Å². The third kappa shape index (κ3) is 3.75. The minimum Gasteiger partial charge on any atom is -0.465 e. The Kier molecular flexibility index (Phi) is 4.91. The second kappa shape index (κ2) is 6.46. The second-order valence-electron chi connectivity index (χ2n) is 4.59. The summed E-state index contributed by atoms with van der Waals surface area (Å²) in [4.78, 5) is 14.7. The largest absolute Gasteiger partial charge is 0.465 e. The smallest absolute Gasteiger partial charge is 0.361 e. The molecule has 0 atom stereocenters. The molecule has 1 aliphatic rings. The molecule has 1 saturated heterocycles. The van der Waals surface area contributed by atoms with Crippen molar-refractivity contribution in [3.8, 4) is 0 Å². The lowest BCUT2D eigenvalue weighted by Gasteiger charge is -2.33. The quantitative estimate of drug-likeness (QED) is 0.842. The Bertz CT molecular complexity index is 460. The summed E-state index contributed by atoms with van der Waals surface area (Å²) in [6.45, 7) is 4.05. The van der Waals surface area contributed by atoms with E-state index in [1.165, 1.54) is 12.0 Å². The molecule has 2 rings (SSSR count). The van der Waals surface area contributed by atoms with Crippen LogP contribution in [-0.2, 0) is 9.53 Å². The molecule has 1 aromatic carbocycles. The third-order valence-electron chi connectivity index (χ3n) is 3.36. The number of nitrogens with zero attached hydrogens (tertiary/aromatic N) is 1. The lowest BCUT2D eigenvalue weighted by atomic mass is 10.2. The average molecular weight is 304 g/mol. The van der Waals surface area contributed by atoms with E-state index in [4.69, 9.17) is 23.2 Å². The molecule has 0 amide bonds. The van der Waals surface area contributed by atoms with Gasteiger partial charge in [0.05, 0.1) is 43.3 Å². The summed E-state index contributed by atoms with van der Waals surface area (Å²) >= 11 is 11.9. The number of piperazine rings is 1. The number of hydrogen-bond acceptors (Lipinski definition) is 3. The maximum Gasteiger partial charge on any atom is 0.361 e. The molecule has 1 fully saturated rings. The van der Waals surface area contributed by atoms with Gasteiger partial charge in [-0.2, -0.15) is 0 Å². The Morgan fingerprint density at radius 1 is 1.32 bits per heavy atom. The minimum atomic E-state index is -0.155. The number of anilines is 1. The number of hydrogen-bond donors (Lipinski definition) is 1. The number of ether oxygens (including phenoxy) is 1. The third-order valence-corrected chi connectivity index (χ3v) is 4.10. The van der Waals surface area contributed by atoms with Crippen molar-refractivity contribution in [3.63, 3.8) is 0 Å². The van der Waals surface area contributed by atoms with E-state index in [0.29, 0.717) is 16.6 Å². The van der Waals surface area contributed by atoms with Gasteiger partial charge in [0.1, 0.15) is 0 Å². The Balaban J connectivity index is 1.92. The summed E-state index contributed by atoms with van der Waals surface area (Å²) in [5.41, 5.74) is 1.08. The maximum atomic E-state index is 11.2. The molecule has 1 heterocycles. The molecule has 6 heteroatoms. The SMILES string of the molecule is COC(=O)C[NH+]1CCN(c2ccc(Cl)c(Cl)c2)CC1. The van der Waals surface area contributed by atoms with E-state index in [-0.39, 0.29) is 5.97 Å². The lowest BCUT2D eigenvalue weighted by molar-refractivity contribution is -0.893. The van der Waals surface area contributed by atoms with Crippen LogP contribution in [0.4, 0.5) is 5.69 Å². The van der Waals surface area contributed by atoms with Gasteiger partial charge in [0, 0.05) is 5.69 Å². The Morgan fingerprint density at radius 2 is 2.00 bits per heavy atom. The molecule has 0 spiro atoms. The predicted octanol–water partition coefficient (Wildman–Crippen LogP) is 0.871. The van der Waals surface area contributed by atoms with Gasteiger partial charge in [-0.15, -0.1) is 0 Å². The molecule has 0 radical (unpaired) electrons. The van der Waals surface area contributed by atoms with Gasteiger partial charge in [-0.05, 0) is 18.2 Å². The molecule has 104 valence electrons. The van der Waals surface area contributed by atoms with Crippen LogP contribution < -0.4 is 9.80 Å². The van der Waals surface area contributed by atoms with E-state index in [0.717, 1.165) is 31.9 Å². The molecule has 0 unspecified atom stereocenters. The standard InChI is InChI=1S/C13H16Cl2N2O2/c1-19-13(18)9-16-4-6-17(7-5-16)10-2-3-11(14)12(15)8-10/h2-3,8H,4-7,9H2,1H3/p+1. The molecule has 0 bridgehead atoms. The fraction of sp³-hybridized carbons (Fsp3) is 0.462. The highest BCUT2D eigenvalue weighted by Crippen LogP contribution is 2.27. The summed E-state index contributed by atoms with van der Waals surface area (Å²) in [5, 5.41) is 1.14. The van der Waals surface area contributed by atoms with Crippen LogP contribution >= 0.6 is 23.2 Å². The first kappa shape index (κ1) is 14.4. The number of nitrogens with one attached hydrogen (secondary N) is 1. The molecule has 0 saturated carbocycles. The summed E-state index contributed by atoms with van der Waals surface area (Å²) in [5.74, 6) is -0.155. The van der Waals surface area contributed by atoms with Gasteiger partial charge in [-0.1, -0.05) is 23.2 Å². The highest BCUT2D eigenvalue weighted by atomic mass is 35.5. The zero-order chi connectivity index (χ0) is 13.8. The maximum absolute atomic E-state index is 11.2. The fourth-order valence-corrected chi connectivity index (χ4v) is 2.51. The number of esters is 1. The molecule has 1 aromatic rings. The van der Waals surface area contributed by atoms with Gasteiger partial charge in [0.15, 0.2) is 6.54 Å². The molecular weight excluding hydrogens is 287 g/mol. The zero-order valence-corrected chi connectivity index (χ0v) is 12.3. The van der Waals surface area contributed by atoms with Crippen LogP contribution in [0, 0.1) is 0 Å². The highest BCUT2D eigenvalue weighted by molar-refractivity contribution is 6.42. The van der Waals surface area contributed by atoms with Gasteiger partial charge < -0.3 is 14.5 Å². The number of quaternary nitrogens is 1. The van der Waals surface area contributed by atoms with Crippen LogP contribution in [0.15, 0.2) is 18.2 Å². The van der Waals surface area contributed by atoms with Crippen molar-refractivity contribution >= 4 is 34.9 Å². The Morgan fingerprint density at radius 3 is 2.58 bits per heavy atom. The minimum absolute atomic E-state index is 0.155. The van der Waals surface area contributed by atoms with Crippen LogP contribution in [0.3, 0.4) is 0 Å². The summed E-state index contributed by atoms with van der Waals surface area (Å²) < 4.78 is 4.69. The van der Waals surface area contributed by atoms with Crippen molar-refractivity contribution in [1.82, 2.24) is 0 Å². The van der Waals surface area contributed by atoms with Crippen molar-refractivity contribution < 1.29 is 14.4 Å². The van der Waals surface area contributed by atoms with Crippen LogP contribution in [0.2, 0.25) is 10.0 Å². The number of methoxy groups -OCH3 is 1. The van der Waals surface area contributed by atoms with Crippen molar-refractivity contribution in [2.75, 3.05) is 44.7 Å². The molecule has 1 N–H and O–H groups in total. The predicted molar refractivity (Wildman–Crippen MR) is 76.3 cm³/mol. The molecular formula is C13H17Cl2N2O2+. The number of halogens is 2. The van der Waals surface area contributed by atoms with E-state index in [2.05, 4.69) is 9.64 Å². The summed E-state index contributed by atoms with van der Waals surface area (Å²) in [7, 11) is 1.42. The van der Waals surface area contributed by atoms with E-state index in [1.807, 2.05) is 18.2 Å². The summed E-state index contributed by atoms with van der Waals surface area (Å²) in [6.07, 6.45) is 0. The van der Waals surface area contributed by atoms with Crippen LogP contribution in [-0.4, -0.2) is 45.8 Å². The van der Waals surface area contributed by atoms with E-state index < -0.39 is 0 Å². The lowest BCUT2D eigenvalue weighted by Crippen LogP contribution is -3.15. The number of rotatable bonds is 3. The number of benzene rings is 1. The van der Waals surface area contributed by atoms with Gasteiger partial charge >= 0.3 is 5.97 Å². The first-order chi connectivity index (χ1) is 9.10. The van der Waals surface area contributed by atoms with Crippen molar-refractivity contribution in [2.45, 2.75) is 0 Å². The molecule has 0 aromatic heterocycles. The first-order valence-electron chi connectivity index (χ1n) is 6.20.